The number of carbonyl (C=O) groups excluding carboxylic acids is 1. The normalized spacial score (nSPS) is 16.2. The van der Waals surface area contributed by atoms with Crippen molar-refractivity contribution in [2.45, 2.75) is 50.3 Å². The van der Waals surface area contributed by atoms with E-state index in [2.05, 4.69) is 10.6 Å². The van der Waals surface area contributed by atoms with Gasteiger partial charge in [0.15, 0.2) is 0 Å². The summed E-state index contributed by atoms with van der Waals surface area (Å²) in [5.74, 6) is 0.0177. The van der Waals surface area contributed by atoms with E-state index in [1.165, 1.54) is 0 Å². The highest BCUT2D eigenvalue weighted by atomic mass is 32.2. The molecular formula is C19H31N3O3S. The minimum Gasteiger partial charge on any atom is -0.355 e. The number of nitrogens with one attached hydrogen (secondary N) is 2. The second-order valence-corrected chi connectivity index (χ2v) is 8.60. The summed E-state index contributed by atoms with van der Waals surface area (Å²) in [7, 11) is -3.40. The van der Waals surface area contributed by atoms with Gasteiger partial charge in [0.25, 0.3) is 0 Å². The van der Waals surface area contributed by atoms with Crippen molar-refractivity contribution in [3.8, 4) is 0 Å². The monoisotopic (exact) mass is 381 g/mol. The summed E-state index contributed by atoms with van der Waals surface area (Å²) in [6.45, 7) is 5.53. The average Bonchev–Trinajstić information content (AvgIpc) is 2.94. The quantitative estimate of drug-likeness (QED) is 0.641. The van der Waals surface area contributed by atoms with Crippen LogP contribution in [0.25, 0.3) is 0 Å². The Morgan fingerprint density at radius 1 is 1.04 bits per heavy atom. The lowest BCUT2D eigenvalue weighted by Crippen LogP contribution is -2.32. The molecule has 1 saturated heterocycles. The van der Waals surface area contributed by atoms with Gasteiger partial charge in [-0.2, -0.15) is 4.31 Å². The van der Waals surface area contributed by atoms with E-state index >= 15 is 0 Å². The van der Waals surface area contributed by atoms with Gasteiger partial charge >= 0.3 is 0 Å². The average molecular weight is 382 g/mol. The van der Waals surface area contributed by atoms with Gasteiger partial charge in [0, 0.05) is 32.6 Å². The second-order valence-electron chi connectivity index (χ2n) is 6.67. The maximum absolute atomic E-state index is 12.7. The number of rotatable bonds is 9. The Labute approximate surface area is 157 Å². The third-order valence-corrected chi connectivity index (χ3v) is 6.55. The van der Waals surface area contributed by atoms with E-state index in [0.717, 1.165) is 44.3 Å². The number of benzene rings is 1. The van der Waals surface area contributed by atoms with Gasteiger partial charge in [0.2, 0.25) is 15.9 Å². The van der Waals surface area contributed by atoms with E-state index in [1.54, 1.807) is 16.4 Å². The first-order valence-electron chi connectivity index (χ1n) is 9.60. The molecule has 1 aromatic carbocycles. The Bertz CT molecular complexity index is 651. The molecule has 1 aromatic rings. The van der Waals surface area contributed by atoms with Crippen LogP contribution in [-0.2, 0) is 21.2 Å². The van der Waals surface area contributed by atoms with Gasteiger partial charge in [0.1, 0.15) is 0 Å². The number of aryl methyl sites for hydroxylation is 1. The molecule has 1 heterocycles. The predicted octanol–water partition coefficient (Wildman–Crippen LogP) is 1.91. The zero-order chi connectivity index (χ0) is 18.8. The summed E-state index contributed by atoms with van der Waals surface area (Å²) in [5.41, 5.74) is 0.974. The Balaban J connectivity index is 1.86. The van der Waals surface area contributed by atoms with E-state index in [0.29, 0.717) is 37.4 Å². The number of hydrogen-bond acceptors (Lipinski definition) is 4. The fourth-order valence-electron chi connectivity index (χ4n) is 3.07. The van der Waals surface area contributed by atoms with Crippen LogP contribution in [0.4, 0.5) is 0 Å². The number of hydrogen-bond donors (Lipinski definition) is 2. The number of sulfonamides is 1. The smallest absolute Gasteiger partial charge is 0.243 e. The first-order valence-corrected chi connectivity index (χ1v) is 11.0. The molecule has 0 radical (unpaired) electrons. The molecule has 2 rings (SSSR count). The van der Waals surface area contributed by atoms with Crippen LogP contribution in [-0.4, -0.2) is 51.4 Å². The lowest BCUT2D eigenvalue weighted by atomic mass is 10.1. The summed E-state index contributed by atoms with van der Waals surface area (Å²) in [5, 5.41) is 6.02. The minimum absolute atomic E-state index is 0.0177. The van der Waals surface area contributed by atoms with E-state index in [4.69, 9.17) is 0 Å². The van der Waals surface area contributed by atoms with Gasteiger partial charge < -0.3 is 10.6 Å². The molecular weight excluding hydrogens is 350 g/mol. The van der Waals surface area contributed by atoms with E-state index in [-0.39, 0.29) is 5.91 Å². The molecule has 146 valence electrons. The standard InChI is InChI=1S/C19H31N3O3S/c1-2-20-13-14-21-19(23)12-9-17-7-10-18(11-8-17)26(24,25)22-15-5-3-4-6-16-22/h7-8,10-11,20H,2-6,9,12-16H2,1H3,(H,21,23). The zero-order valence-corrected chi connectivity index (χ0v) is 16.5. The number of carbonyl (C=O) groups is 1. The first kappa shape index (κ1) is 20.9. The van der Waals surface area contributed by atoms with Gasteiger partial charge in [-0.15, -0.1) is 0 Å². The molecule has 0 atom stereocenters. The van der Waals surface area contributed by atoms with Gasteiger partial charge in [0.05, 0.1) is 4.90 Å². The molecule has 1 amide bonds. The fourth-order valence-corrected chi connectivity index (χ4v) is 4.59. The van der Waals surface area contributed by atoms with Crippen molar-refractivity contribution in [2.75, 3.05) is 32.7 Å². The van der Waals surface area contributed by atoms with Crippen LogP contribution in [0.15, 0.2) is 29.2 Å². The van der Waals surface area contributed by atoms with Crippen molar-refractivity contribution >= 4 is 15.9 Å². The van der Waals surface area contributed by atoms with Crippen LogP contribution in [0.3, 0.4) is 0 Å². The molecule has 1 aliphatic rings. The maximum Gasteiger partial charge on any atom is 0.243 e. The summed E-state index contributed by atoms with van der Waals surface area (Å²) in [6, 6.07) is 6.96. The molecule has 2 N–H and O–H groups in total. The topological polar surface area (TPSA) is 78.5 Å². The molecule has 0 aliphatic carbocycles. The van der Waals surface area contributed by atoms with Crippen molar-refractivity contribution < 1.29 is 13.2 Å². The van der Waals surface area contributed by atoms with E-state index < -0.39 is 10.0 Å². The molecule has 7 heteroatoms. The van der Waals surface area contributed by atoms with Gasteiger partial charge in [-0.25, -0.2) is 8.42 Å². The molecule has 0 unspecified atom stereocenters. The Morgan fingerprint density at radius 2 is 1.69 bits per heavy atom. The van der Waals surface area contributed by atoms with Crippen molar-refractivity contribution in [1.29, 1.82) is 0 Å². The lowest BCUT2D eigenvalue weighted by molar-refractivity contribution is -0.121. The van der Waals surface area contributed by atoms with Crippen molar-refractivity contribution in [2.24, 2.45) is 0 Å². The van der Waals surface area contributed by atoms with Gasteiger partial charge in [-0.05, 0) is 43.5 Å². The predicted molar refractivity (Wildman–Crippen MR) is 104 cm³/mol. The maximum atomic E-state index is 12.7. The van der Waals surface area contributed by atoms with Crippen LogP contribution >= 0.6 is 0 Å². The van der Waals surface area contributed by atoms with Crippen molar-refractivity contribution in [3.63, 3.8) is 0 Å². The largest absolute Gasteiger partial charge is 0.355 e. The Morgan fingerprint density at radius 3 is 2.31 bits per heavy atom. The van der Waals surface area contributed by atoms with Gasteiger partial charge in [-0.3, -0.25) is 4.79 Å². The zero-order valence-electron chi connectivity index (χ0n) is 15.7. The third kappa shape index (κ3) is 6.37. The second kappa shape index (κ2) is 10.6. The SMILES string of the molecule is CCNCCNC(=O)CCc1ccc(S(=O)(=O)N2CCCCCC2)cc1. The Hall–Kier alpha value is -1.44. The molecule has 1 fully saturated rings. The van der Waals surface area contributed by atoms with E-state index in [9.17, 15) is 13.2 Å². The number of nitrogens with zero attached hydrogens (tertiary/aromatic N) is 1. The molecule has 0 saturated carbocycles. The highest BCUT2D eigenvalue weighted by molar-refractivity contribution is 7.89. The van der Waals surface area contributed by atoms with E-state index in [1.807, 2.05) is 19.1 Å². The molecule has 26 heavy (non-hydrogen) atoms. The molecule has 0 spiro atoms. The van der Waals surface area contributed by atoms with Crippen LogP contribution in [0.1, 0.15) is 44.6 Å². The van der Waals surface area contributed by atoms with Crippen molar-refractivity contribution in [1.82, 2.24) is 14.9 Å². The summed E-state index contributed by atoms with van der Waals surface area (Å²) in [4.78, 5) is 12.1. The highest BCUT2D eigenvalue weighted by Crippen LogP contribution is 2.21. The van der Waals surface area contributed by atoms with Crippen LogP contribution in [0.2, 0.25) is 0 Å². The minimum atomic E-state index is -3.40. The number of likely N-dealkylation sites (N-methyl/N-ethyl adjacent to an activating group) is 1. The van der Waals surface area contributed by atoms with Crippen molar-refractivity contribution in [3.05, 3.63) is 29.8 Å². The summed E-state index contributed by atoms with van der Waals surface area (Å²) < 4.78 is 27.1. The van der Waals surface area contributed by atoms with Gasteiger partial charge in [-0.1, -0.05) is 31.9 Å². The highest BCUT2D eigenvalue weighted by Gasteiger charge is 2.24. The lowest BCUT2D eigenvalue weighted by Gasteiger charge is -2.20. The number of amides is 1. The summed E-state index contributed by atoms with van der Waals surface area (Å²) >= 11 is 0. The Kier molecular flexibility index (Phi) is 8.54. The van der Waals surface area contributed by atoms with Crippen LogP contribution in [0, 0.1) is 0 Å². The third-order valence-electron chi connectivity index (χ3n) is 4.64. The molecule has 6 nitrogen and oxygen atoms in total. The summed E-state index contributed by atoms with van der Waals surface area (Å²) in [6.07, 6.45) is 5.07. The molecule has 0 bridgehead atoms. The van der Waals surface area contributed by atoms with Crippen LogP contribution in [0.5, 0.6) is 0 Å². The van der Waals surface area contributed by atoms with Crippen LogP contribution < -0.4 is 10.6 Å². The molecule has 1 aliphatic heterocycles. The fraction of sp³-hybridized carbons (Fsp3) is 0.632. The molecule has 0 aromatic heterocycles. The first-order chi connectivity index (χ1) is 12.5.